The van der Waals surface area contributed by atoms with Gasteiger partial charge in [0.15, 0.2) is 0 Å². The molecule has 8 nitrogen and oxygen atoms in total. The Bertz CT molecular complexity index is 1490. The van der Waals surface area contributed by atoms with Crippen LogP contribution in [0.2, 0.25) is 0 Å². The Morgan fingerprint density at radius 2 is 1.57 bits per heavy atom. The van der Waals surface area contributed by atoms with Crippen LogP contribution in [0.1, 0.15) is 63.5 Å². The van der Waals surface area contributed by atoms with Gasteiger partial charge in [0, 0.05) is 17.1 Å². The second-order valence-corrected chi connectivity index (χ2v) is 13.9. The molecule has 44 heavy (non-hydrogen) atoms. The fourth-order valence-corrected chi connectivity index (χ4v) is 7.17. The first-order valence-electron chi connectivity index (χ1n) is 15.3. The molecule has 3 aromatic carbocycles. The number of rotatable bonds is 13. The molecule has 1 N–H and O–H groups in total. The van der Waals surface area contributed by atoms with Gasteiger partial charge in [-0.15, -0.1) is 0 Å². The number of benzene rings is 3. The summed E-state index contributed by atoms with van der Waals surface area (Å²) in [6, 6.07) is 20.1. The molecule has 0 bridgehead atoms. The summed E-state index contributed by atoms with van der Waals surface area (Å²) in [6.07, 6.45) is 5.53. The van der Waals surface area contributed by atoms with E-state index in [1.54, 1.807) is 36.4 Å². The van der Waals surface area contributed by atoms with E-state index in [1.165, 1.54) is 17.0 Å². The Morgan fingerprint density at radius 1 is 0.932 bits per heavy atom. The van der Waals surface area contributed by atoms with Gasteiger partial charge in [-0.2, -0.15) is 0 Å². The van der Waals surface area contributed by atoms with Crippen LogP contribution in [0, 0.1) is 6.92 Å². The smallest absolute Gasteiger partial charge is 0.264 e. The van der Waals surface area contributed by atoms with Crippen LogP contribution >= 0.6 is 15.9 Å². The van der Waals surface area contributed by atoms with Gasteiger partial charge in [0.2, 0.25) is 11.8 Å². The largest absolute Gasteiger partial charge is 0.494 e. The summed E-state index contributed by atoms with van der Waals surface area (Å²) in [5, 5.41) is 3.18. The number of hydrogen-bond acceptors (Lipinski definition) is 5. The molecule has 0 aliphatic heterocycles. The molecule has 0 saturated heterocycles. The lowest BCUT2D eigenvalue weighted by atomic mass is 9.95. The van der Waals surface area contributed by atoms with E-state index in [1.807, 2.05) is 45.0 Å². The molecule has 1 fully saturated rings. The zero-order chi connectivity index (χ0) is 31.7. The minimum absolute atomic E-state index is 0.0505. The number of sulfonamides is 1. The van der Waals surface area contributed by atoms with Crippen LogP contribution < -0.4 is 14.4 Å². The second-order valence-electron chi connectivity index (χ2n) is 11.2. The fraction of sp³-hybridized carbons (Fsp3) is 0.412. The third-order valence-corrected chi connectivity index (χ3v) is 10.2. The van der Waals surface area contributed by atoms with Gasteiger partial charge in [0.1, 0.15) is 18.3 Å². The lowest BCUT2D eigenvalue weighted by Gasteiger charge is -2.34. The number of nitrogens with one attached hydrogen (secondary N) is 1. The van der Waals surface area contributed by atoms with Gasteiger partial charge in [-0.05, 0) is 87.2 Å². The van der Waals surface area contributed by atoms with E-state index in [-0.39, 0.29) is 23.4 Å². The molecule has 1 saturated carbocycles. The molecule has 1 aliphatic rings. The van der Waals surface area contributed by atoms with Gasteiger partial charge in [-0.3, -0.25) is 13.9 Å². The van der Waals surface area contributed by atoms with Crippen molar-refractivity contribution in [3.63, 3.8) is 0 Å². The van der Waals surface area contributed by atoms with Crippen molar-refractivity contribution in [3.05, 3.63) is 88.4 Å². The number of nitrogens with zero attached hydrogens (tertiary/aromatic N) is 2. The average molecular weight is 685 g/mol. The highest BCUT2D eigenvalue weighted by Gasteiger charge is 2.34. The van der Waals surface area contributed by atoms with Gasteiger partial charge < -0.3 is 15.0 Å². The average Bonchev–Trinajstić information content (AvgIpc) is 3.02. The van der Waals surface area contributed by atoms with E-state index in [2.05, 4.69) is 21.2 Å². The van der Waals surface area contributed by atoms with Crippen LogP contribution in [0.5, 0.6) is 5.75 Å². The van der Waals surface area contributed by atoms with Crippen molar-refractivity contribution in [1.82, 2.24) is 10.2 Å². The summed E-state index contributed by atoms with van der Waals surface area (Å²) in [7, 11) is -4.15. The van der Waals surface area contributed by atoms with Crippen LogP contribution in [-0.4, -0.2) is 50.4 Å². The SMILES string of the molecule is CCOc1ccc(N(CC(=O)N(Cc2ccc(C)cc2)C(CC)C(=O)NC2CCCCC2)S(=O)(=O)c2ccc(Br)cc2)cc1. The standard InChI is InChI=1S/C34H42BrN3O5S/c1-4-32(34(40)36-28-9-7-6-8-10-28)37(23-26-13-11-25(3)12-14-26)33(39)24-38(29-17-19-30(20-18-29)43-5-2)44(41,42)31-21-15-27(35)16-22-31/h11-22,28,32H,4-10,23-24H2,1-3H3,(H,36,40). The van der Waals surface area contributed by atoms with Gasteiger partial charge in [-0.25, -0.2) is 8.42 Å². The van der Waals surface area contributed by atoms with Crippen molar-refractivity contribution >= 4 is 43.5 Å². The zero-order valence-corrected chi connectivity index (χ0v) is 28.1. The van der Waals surface area contributed by atoms with E-state index >= 15 is 0 Å². The maximum Gasteiger partial charge on any atom is 0.264 e. The fourth-order valence-electron chi connectivity index (χ4n) is 5.49. The number of anilines is 1. The van der Waals surface area contributed by atoms with E-state index in [0.29, 0.717) is 24.5 Å². The number of ether oxygens (including phenoxy) is 1. The van der Waals surface area contributed by atoms with E-state index < -0.39 is 28.5 Å². The first-order valence-corrected chi connectivity index (χ1v) is 17.5. The molecular weight excluding hydrogens is 642 g/mol. The molecule has 10 heteroatoms. The Kier molecular flexibility index (Phi) is 11.9. The summed E-state index contributed by atoms with van der Waals surface area (Å²) in [5.74, 6) is -0.0796. The van der Waals surface area contributed by atoms with E-state index in [4.69, 9.17) is 4.74 Å². The second kappa shape index (κ2) is 15.6. The molecular formula is C34H42BrN3O5S. The molecule has 2 amide bonds. The summed E-state index contributed by atoms with van der Waals surface area (Å²) in [6.45, 7) is 5.89. The molecule has 1 aliphatic carbocycles. The van der Waals surface area contributed by atoms with Gasteiger partial charge in [0.05, 0.1) is 17.2 Å². The third kappa shape index (κ3) is 8.63. The molecule has 1 unspecified atom stereocenters. The number of aryl methyl sites for hydroxylation is 1. The molecule has 1 atom stereocenters. The van der Waals surface area contributed by atoms with Crippen LogP contribution in [0.25, 0.3) is 0 Å². The number of carbonyl (C=O) groups is 2. The highest BCUT2D eigenvalue weighted by molar-refractivity contribution is 9.10. The van der Waals surface area contributed by atoms with Crippen molar-refractivity contribution in [3.8, 4) is 5.75 Å². The summed E-state index contributed by atoms with van der Waals surface area (Å²) in [5.41, 5.74) is 2.26. The monoisotopic (exact) mass is 683 g/mol. The number of hydrogen-bond donors (Lipinski definition) is 1. The first kappa shape index (κ1) is 33.5. The van der Waals surface area contributed by atoms with Crippen LogP contribution in [0.15, 0.2) is 82.2 Å². The lowest BCUT2D eigenvalue weighted by molar-refractivity contribution is -0.140. The molecule has 236 valence electrons. The quantitative estimate of drug-likeness (QED) is 0.219. The highest BCUT2D eigenvalue weighted by Crippen LogP contribution is 2.28. The van der Waals surface area contributed by atoms with Crippen LogP contribution in [-0.2, 0) is 26.2 Å². The minimum Gasteiger partial charge on any atom is -0.494 e. The highest BCUT2D eigenvalue weighted by atomic mass is 79.9. The minimum atomic E-state index is -4.15. The van der Waals surface area contributed by atoms with Gasteiger partial charge in [0.25, 0.3) is 10.0 Å². The zero-order valence-electron chi connectivity index (χ0n) is 25.7. The van der Waals surface area contributed by atoms with Crippen LogP contribution in [0.4, 0.5) is 5.69 Å². The Labute approximate surface area is 270 Å². The Hall–Kier alpha value is -3.37. The van der Waals surface area contributed by atoms with E-state index in [0.717, 1.165) is 52.0 Å². The molecule has 0 spiro atoms. The number of halogens is 1. The first-order chi connectivity index (χ1) is 21.1. The Balaban J connectivity index is 1.70. The van der Waals surface area contributed by atoms with Crippen LogP contribution in [0.3, 0.4) is 0 Å². The van der Waals surface area contributed by atoms with Crippen molar-refractivity contribution in [1.29, 1.82) is 0 Å². The molecule has 3 aromatic rings. The third-order valence-electron chi connectivity index (χ3n) is 7.93. The summed E-state index contributed by atoms with van der Waals surface area (Å²) < 4.78 is 35.6. The van der Waals surface area contributed by atoms with Crippen molar-refractivity contribution in [2.75, 3.05) is 17.5 Å². The molecule has 4 rings (SSSR count). The summed E-state index contributed by atoms with van der Waals surface area (Å²) >= 11 is 3.36. The Morgan fingerprint density at radius 3 is 2.16 bits per heavy atom. The summed E-state index contributed by atoms with van der Waals surface area (Å²) in [4.78, 5) is 29.6. The van der Waals surface area contributed by atoms with E-state index in [9.17, 15) is 18.0 Å². The van der Waals surface area contributed by atoms with Crippen molar-refractivity contribution in [2.45, 2.75) is 82.8 Å². The van der Waals surface area contributed by atoms with Gasteiger partial charge in [-0.1, -0.05) is 71.9 Å². The normalized spacial score (nSPS) is 14.5. The number of carbonyl (C=O) groups excluding carboxylic acids is 2. The van der Waals surface area contributed by atoms with Crippen molar-refractivity contribution < 1.29 is 22.7 Å². The molecule has 0 aromatic heterocycles. The van der Waals surface area contributed by atoms with Crippen molar-refractivity contribution in [2.24, 2.45) is 0 Å². The maximum absolute atomic E-state index is 14.3. The molecule has 0 heterocycles. The predicted octanol–water partition coefficient (Wildman–Crippen LogP) is 6.61. The number of amides is 2. The van der Waals surface area contributed by atoms with Gasteiger partial charge >= 0.3 is 0 Å². The topological polar surface area (TPSA) is 96.0 Å². The lowest BCUT2D eigenvalue weighted by Crippen LogP contribution is -2.54. The molecule has 0 radical (unpaired) electrons. The maximum atomic E-state index is 14.3. The predicted molar refractivity (Wildman–Crippen MR) is 177 cm³/mol.